The summed E-state index contributed by atoms with van der Waals surface area (Å²) in [5.74, 6) is 1.57. The van der Waals surface area contributed by atoms with Gasteiger partial charge in [0.1, 0.15) is 12.1 Å². The molecule has 0 fully saturated rings. The maximum absolute atomic E-state index is 4.28. The third kappa shape index (κ3) is 5.07. The molecule has 0 spiro atoms. The van der Waals surface area contributed by atoms with Crippen molar-refractivity contribution in [1.29, 1.82) is 0 Å². The number of aliphatic imine (C=N–C) groups is 1. The largest absolute Gasteiger partial charge is 0.368 e. The number of hydrogen-bond donors (Lipinski definition) is 3. The zero-order valence-corrected chi connectivity index (χ0v) is 17.2. The van der Waals surface area contributed by atoms with Crippen molar-refractivity contribution in [3.8, 4) is 0 Å². The smallest absolute Gasteiger partial charge is 0.191 e. The number of anilines is 1. The molecule has 0 bridgehead atoms. The summed E-state index contributed by atoms with van der Waals surface area (Å²) in [5.41, 5.74) is 0.813. The Morgan fingerprint density at radius 1 is 1.12 bits per heavy atom. The summed E-state index contributed by atoms with van der Waals surface area (Å²) in [5, 5.41) is 15.0. The molecule has 0 amide bonds. The molecule has 3 rings (SSSR count). The van der Waals surface area contributed by atoms with Gasteiger partial charge in [-0.05, 0) is 12.1 Å². The fraction of sp³-hybridized carbons (Fsp3) is 0.375. The molecule has 0 aromatic carbocycles. The quantitative estimate of drug-likeness (QED) is 0.207. The van der Waals surface area contributed by atoms with Crippen molar-refractivity contribution in [2.24, 2.45) is 12.0 Å². The minimum absolute atomic E-state index is 0. The van der Waals surface area contributed by atoms with E-state index >= 15 is 0 Å². The number of hydrogen-bond acceptors (Lipinski definition) is 5. The number of rotatable bonds is 7. The van der Waals surface area contributed by atoms with Crippen molar-refractivity contribution >= 4 is 46.8 Å². The highest BCUT2D eigenvalue weighted by molar-refractivity contribution is 14.0. The van der Waals surface area contributed by atoms with Gasteiger partial charge in [-0.15, -0.1) is 24.0 Å². The first-order valence-corrected chi connectivity index (χ1v) is 8.20. The predicted molar refractivity (Wildman–Crippen MR) is 114 cm³/mol. The molecule has 0 aliphatic rings. The number of nitrogens with zero attached hydrogens (tertiary/aromatic N) is 6. The van der Waals surface area contributed by atoms with Gasteiger partial charge >= 0.3 is 0 Å². The standard InChI is InChI=1S/C16H23N9.HI/c1-17-16(20-7-10-25-8-3-4-9-25)19-6-5-18-14-13-11-23-24(2)15(13)22-12-21-14;/h3-4,8-9,11-12H,5-7,10H2,1-2H3,(H2,17,19,20)(H,18,21,22);1H. The number of halogens is 1. The van der Waals surface area contributed by atoms with Crippen molar-refractivity contribution in [2.45, 2.75) is 6.54 Å². The van der Waals surface area contributed by atoms with E-state index in [1.807, 2.05) is 31.6 Å². The van der Waals surface area contributed by atoms with E-state index in [-0.39, 0.29) is 24.0 Å². The zero-order chi connectivity index (χ0) is 17.5. The van der Waals surface area contributed by atoms with E-state index in [9.17, 15) is 0 Å². The van der Waals surface area contributed by atoms with Crippen molar-refractivity contribution < 1.29 is 0 Å². The molecule has 3 N–H and O–H groups in total. The Morgan fingerprint density at radius 2 is 1.88 bits per heavy atom. The summed E-state index contributed by atoms with van der Waals surface area (Å²) in [6.07, 6.45) is 7.40. The SMILES string of the molecule is CN=C(NCCNc1ncnc2c1cnn2C)NCCn1cccc1.I. The average Bonchev–Trinajstić information content (AvgIpc) is 3.28. The maximum Gasteiger partial charge on any atom is 0.191 e. The Hall–Kier alpha value is -2.37. The van der Waals surface area contributed by atoms with Crippen LogP contribution in [-0.2, 0) is 13.6 Å². The number of guanidine groups is 1. The molecule has 0 aliphatic heterocycles. The molecule has 140 valence electrons. The van der Waals surface area contributed by atoms with Gasteiger partial charge < -0.3 is 20.5 Å². The van der Waals surface area contributed by atoms with Crippen LogP contribution in [0.5, 0.6) is 0 Å². The Morgan fingerprint density at radius 3 is 2.65 bits per heavy atom. The van der Waals surface area contributed by atoms with Gasteiger partial charge in [0.05, 0.1) is 11.6 Å². The van der Waals surface area contributed by atoms with Crippen LogP contribution in [0.2, 0.25) is 0 Å². The van der Waals surface area contributed by atoms with E-state index in [4.69, 9.17) is 0 Å². The maximum atomic E-state index is 4.28. The summed E-state index contributed by atoms with van der Waals surface area (Å²) in [6.45, 7) is 3.13. The monoisotopic (exact) mass is 469 g/mol. The van der Waals surface area contributed by atoms with E-state index in [0.29, 0.717) is 6.54 Å². The molecule has 26 heavy (non-hydrogen) atoms. The fourth-order valence-electron chi connectivity index (χ4n) is 2.51. The summed E-state index contributed by atoms with van der Waals surface area (Å²) in [6, 6.07) is 4.04. The normalized spacial score (nSPS) is 11.2. The first-order valence-electron chi connectivity index (χ1n) is 8.20. The summed E-state index contributed by atoms with van der Waals surface area (Å²) in [4.78, 5) is 12.7. The van der Waals surface area contributed by atoms with Gasteiger partial charge in [-0.3, -0.25) is 9.67 Å². The topological polar surface area (TPSA) is 97.0 Å². The van der Waals surface area contributed by atoms with Gasteiger partial charge in [-0.2, -0.15) is 5.10 Å². The lowest BCUT2D eigenvalue weighted by Crippen LogP contribution is -2.40. The highest BCUT2D eigenvalue weighted by atomic mass is 127. The van der Waals surface area contributed by atoms with Crippen molar-refractivity contribution in [2.75, 3.05) is 32.0 Å². The molecule has 0 atom stereocenters. The lowest BCUT2D eigenvalue weighted by Gasteiger charge is -2.13. The summed E-state index contributed by atoms with van der Waals surface area (Å²) in [7, 11) is 3.63. The van der Waals surface area contributed by atoms with Gasteiger partial charge in [-0.1, -0.05) is 0 Å². The lowest BCUT2D eigenvalue weighted by molar-refractivity contribution is 0.666. The molecule has 3 heterocycles. The van der Waals surface area contributed by atoms with Gasteiger partial charge in [-0.25, -0.2) is 9.97 Å². The molecule has 9 nitrogen and oxygen atoms in total. The number of fused-ring (bicyclic) bond motifs is 1. The first-order chi connectivity index (χ1) is 12.3. The molecule has 0 radical (unpaired) electrons. The van der Waals surface area contributed by atoms with Gasteiger partial charge in [0.15, 0.2) is 11.6 Å². The summed E-state index contributed by atoms with van der Waals surface area (Å²) >= 11 is 0. The third-order valence-electron chi connectivity index (χ3n) is 3.79. The van der Waals surface area contributed by atoms with Crippen LogP contribution < -0.4 is 16.0 Å². The molecule has 0 saturated heterocycles. The second kappa shape index (κ2) is 9.94. The summed E-state index contributed by atoms with van der Waals surface area (Å²) < 4.78 is 3.85. The molecule has 0 saturated carbocycles. The third-order valence-corrected chi connectivity index (χ3v) is 3.79. The first kappa shape index (κ1) is 19.9. The van der Waals surface area contributed by atoms with Crippen LogP contribution in [0.4, 0.5) is 5.82 Å². The van der Waals surface area contributed by atoms with E-state index in [1.54, 1.807) is 24.3 Å². The Balaban J connectivity index is 0.00000243. The highest BCUT2D eigenvalue weighted by Crippen LogP contribution is 2.16. The molecule has 3 aromatic heterocycles. The average molecular weight is 469 g/mol. The van der Waals surface area contributed by atoms with Crippen LogP contribution in [0.1, 0.15) is 0 Å². The zero-order valence-electron chi connectivity index (χ0n) is 14.9. The van der Waals surface area contributed by atoms with Gasteiger partial charge in [0.25, 0.3) is 0 Å². The van der Waals surface area contributed by atoms with E-state index in [2.05, 4.69) is 40.6 Å². The van der Waals surface area contributed by atoms with Crippen molar-refractivity contribution in [3.63, 3.8) is 0 Å². The molecule has 10 heteroatoms. The Labute approximate surface area is 169 Å². The van der Waals surface area contributed by atoms with Gasteiger partial charge in [0.2, 0.25) is 0 Å². The second-order valence-electron chi connectivity index (χ2n) is 5.50. The lowest BCUT2D eigenvalue weighted by atomic mass is 10.4. The van der Waals surface area contributed by atoms with Gasteiger partial charge in [0, 0.05) is 52.7 Å². The van der Waals surface area contributed by atoms with E-state index in [1.165, 1.54) is 0 Å². The number of aryl methyl sites for hydroxylation is 1. The highest BCUT2D eigenvalue weighted by Gasteiger charge is 2.06. The molecule has 0 aliphatic carbocycles. The fourth-order valence-corrected chi connectivity index (χ4v) is 2.51. The molecular weight excluding hydrogens is 445 g/mol. The van der Waals surface area contributed by atoms with Crippen LogP contribution in [0.15, 0.2) is 42.0 Å². The minimum atomic E-state index is 0. The minimum Gasteiger partial charge on any atom is -0.368 e. The molecular formula is C16H24IN9. The van der Waals surface area contributed by atoms with Crippen LogP contribution in [0.25, 0.3) is 11.0 Å². The Bertz CT molecular complexity index is 825. The Kier molecular flexibility index (Phi) is 7.63. The van der Waals surface area contributed by atoms with E-state index in [0.717, 1.165) is 42.4 Å². The van der Waals surface area contributed by atoms with Crippen LogP contribution in [0, 0.1) is 0 Å². The van der Waals surface area contributed by atoms with Crippen LogP contribution in [0.3, 0.4) is 0 Å². The van der Waals surface area contributed by atoms with E-state index < -0.39 is 0 Å². The number of aromatic nitrogens is 5. The predicted octanol–water partition coefficient (Wildman–Crippen LogP) is 1.06. The molecule has 0 unspecified atom stereocenters. The second-order valence-corrected chi connectivity index (χ2v) is 5.50. The van der Waals surface area contributed by atoms with Crippen LogP contribution in [-0.4, -0.2) is 57.0 Å². The molecule has 3 aromatic rings. The number of nitrogens with one attached hydrogen (secondary N) is 3. The van der Waals surface area contributed by atoms with Crippen molar-refractivity contribution in [1.82, 2.24) is 34.9 Å². The van der Waals surface area contributed by atoms with Crippen molar-refractivity contribution in [3.05, 3.63) is 37.1 Å². The van der Waals surface area contributed by atoms with Crippen LogP contribution >= 0.6 is 24.0 Å².